The SMILES string of the molecule is CCC(=O)OC(=O)c1ccc(C(F)(F)F)cc1. The van der Waals surface area contributed by atoms with Crippen molar-refractivity contribution >= 4 is 11.9 Å². The van der Waals surface area contributed by atoms with Crippen molar-refractivity contribution in [3.05, 3.63) is 35.4 Å². The summed E-state index contributed by atoms with van der Waals surface area (Å²) in [4.78, 5) is 22.0. The molecule has 1 rings (SSSR count). The number of halogens is 3. The van der Waals surface area contributed by atoms with E-state index in [4.69, 9.17) is 0 Å². The Morgan fingerprint density at radius 3 is 2.12 bits per heavy atom. The first kappa shape index (κ1) is 13.2. The predicted octanol–water partition coefficient (Wildman–Crippen LogP) is 2.80. The lowest BCUT2D eigenvalue weighted by Crippen LogP contribution is -2.12. The molecule has 0 amide bonds. The Morgan fingerprint density at radius 2 is 1.71 bits per heavy atom. The van der Waals surface area contributed by atoms with Crippen LogP contribution in [-0.4, -0.2) is 11.9 Å². The van der Waals surface area contributed by atoms with Gasteiger partial charge in [-0.05, 0) is 24.3 Å². The van der Waals surface area contributed by atoms with E-state index in [0.29, 0.717) is 0 Å². The van der Waals surface area contributed by atoms with Crippen molar-refractivity contribution in [2.24, 2.45) is 0 Å². The summed E-state index contributed by atoms with van der Waals surface area (Å²) >= 11 is 0. The second-order valence-electron chi connectivity index (χ2n) is 3.19. The van der Waals surface area contributed by atoms with Gasteiger partial charge >= 0.3 is 18.1 Å². The van der Waals surface area contributed by atoms with Gasteiger partial charge in [0, 0.05) is 6.42 Å². The van der Waals surface area contributed by atoms with Crippen LogP contribution in [0.1, 0.15) is 29.3 Å². The lowest BCUT2D eigenvalue weighted by molar-refractivity contribution is -0.138. The second-order valence-corrected chi connectivity index (χ2v) is 3.19. The fraction of sp³-hybridized carbons (Fsp3) is 0.273. The van der Waals surface area contributed by atoms with Crippen LogP contribution in [0.2, 0.25) is 0 Å². The third-order valence-electron chi connectivity index (χ3n) is 1.94. The van der Waals surface area contributed by atoms with Gasteiger partial charge in [-0.15, -0.1) is 0 Å². The zero-order valence-corrected chi connectivity index (χ0v) is 8.88. The van der Waals surface area contributed by atoms with Crippen molar-refractivity contribution < 1.29 is 27.5 Å². The molecular formula is C11H9F3O3. The Morgan fingerprint density at radius 1 is 1.18 bits per heavy atom. The summed E-state index contributed by atoms with van der Waals surface area (Å²) in [5.41, 5.74) is -0.962. The molecular weight excluding hydrogens is 237 g/mol. The van der Waals surface area contributed by atoms with Crippen molar-refractivity contribution in [3.63, 3.8) is 0 Å². The van der Waals surface area contributed by atoms with Crippen LogP contribution in [0.25, 0.3) is 0 Å². The maximum absolute atomic E-state index is 12.2. The summed E-state index contributed by atoms with van der Waals surface area (Å²) < 4.78 is 41.0. The van der Waals surface area contributed by atoms with Crippen molar-refractivity contribution in [1.29, 1.82) is 0 Å². The molecule has 0 spiro atoms. The highest BCUT2D eigenvalue weighted by molar-refractivity contribution is 5.96. The second kappa shape index (κ2) is 4.99. The van der Waals surface area contributed by atoms with Gasteiger partial charge in [0.1, 0.15) is 0 Å². The molecule has 0 radical (unpaired) electrons. The number of ether oxygens (including phenoxy) is 1. The maximum Gasteiger partial charge on any atom is 0.416 e. The van der Waals surface area contributed by atoms with Crippen LogP contribution in [0.3, 0.4) is 0 Å². The topological polar surface area (TPSA) is 43.4 Å². The molecule has 0 aromatic heterocycles. The van der Waals surface area contributed by atoms with Gasteiger partial charge in [0.25, 0.3) is 0 Å². The first-order valence-corrected chi connectivity index (χ1v) is 4.77. The van der Waals surface area contributed by atoms with E-state index in [1.165, 1.54) is 6.92 Å². The number of benzene rings is 1. The summed E-state index contributed by atoms with van der Waals surface area (Å²) in [5.74, 6) is -1.68. The predicted molar refractivity (Wildman–Crippen MR) is 52.2 cm³/mol. The molecule has 0 bridgehead atoms. The first-order chi connectivity index (χ1) is 7.84. The van der Waals surface area contributed by atoms with E-state index in [2.05, 4.69) is 4.74 Å². The summed E-state index contributed by atoms with van der Waals surface area (Å²) in [6.45, 7) is 1.50. The number of carbonyl (C=O) groups is 2. The molecule has 0 heterocycles. The van der Waals surface area contributed by atoms with E-state index in [9.17, 15) is 22.8 Å². The molecule has 1 aromatic rings. The Kier molecular flexibility index (Phi) is 3.88. The molecule has 1 aromatic carbocycles. The highest BCUT2D eigenvalue weighted by Gasteiger charge is 2.30. The number of alkyl halides is 3. The van der Waals surface area contributed by atoms with Crippen LogP contribution in [-0.2, 0) is 15.7 Å². The largest absolute Gasteiger partial charge is 0.416 e. The first-order valence-electron chi connectivity index (χ1n) is 4.77. The summed E-state index contributed by atoms with van der Waals surface area (Å²) in [6, 6.07) is 3.45. The van der Waals surface area contributed by atoms with Gasteiger partial charge in [0.15, 0.2) is 0 Å². The minimum atomic E-state index is -4.46. The molecule has 0 aliphatic rings. The lowest BCUT2D eigenvalue weighted by atomic mass is 10.1. The van der Waals surface area contributed by atoms with Crippen LogP contribution in [0.15, 0.2) is 24.3 Å². The smallest absolute Gasteiger partial charge is 0.389 e. The summed E-state index contributed by atoms with van der Waals surface area (Å²) in [5, 5.41) is 0. The van der Waals surface area contributed by atoms with Crippen LogP contribution < -0.4 is 0 Å². The molecule has 0 saturated heterocycles. The Labute approximate surface area is 95.2 Å². The van der Waals surface area contributed by atoms with E-state index in [1.807, 2.05) is 0 Å². The standard InChI is InChI=1S/C11H9F3O3/c1-2-9(15)17-10(16)7-3-5-8(6-4-7)11(12,13)14/h3-6H,2H2,1H3. The Bertz CT molecular complexity index is 421. The third-order valence-corrected chi connectivity index (χ3v) is 1.94. The molecule has 0 N–H and O–H groups in total. The van der Waals surface area contributed by atoms with Crippen molar-refractivity contribution in [2.75, 3.05) is 0 Å². The minimum Gasteiger partial charge on any atom is -0.389 e. The van der Waals surface area contributed by atoms with Gasteiger partial charge < -0.3 is 4.74 Å². The van der Waals surface area contributed by atoms with Crippen molar-refractivity contribution in [2.45, 2.75) is 19.5 Å². The molecule has 3 nitrogen and oxygen atoms in total. The van der Waals surface area contributed by atoms with E-state index in [-0.39, 0.29) is 12.0 Å². The van der Waals surface area contributed by atoms with Gasteiger partial charge in [0.2, 0.25) is 0 Å². The Hall–Kier alpha value is -1.85. The number of esters is 2. The molecule has 0 aliphatic heterocycles. The highest BCUT2D eigenvalue weighted by atomic mass is 19.4. The van der Waals surface area contributed by atoms with Crippen LogP contribution in [0.5, 0.6) is 0 Å². The molecule has 0 saturated carbocycles. The van der Waals surface area contributed by atoms with Gasteiger partial charge in [-0.25, -0.2) is 4.79 Å². The molecule has 92 valence electrons. The third kappa shape index (κ3) is 3.58. The molecule has 0 fully saturated rings. The average Bonchev–Trinajstić information content (AvgIpc) is 2.27. The molecule has 17 heavy (non-hydrogen) atoms. The number of hydrogen-bond donors (Lipinski definition) is 0. The lowest BCUT2D eigenvalue weighted by Gasteiger charge is -2.06. The molecule has 0 unspecified atom stereocenters. The highest BCUT2D eigenvalue weighted by Crippen LogP contribution is 2.29. The molecule has 6 heteroatoms. The van der Waals surface area contributed by atoms with Crippen molar-refractivity contribution in [3.8, 4) is 0 Å². The van der Waals surface area contributed by atoms with Gasteiger partial charge in [-0.1, -0.05) is 6.92 Å². The number of rotatable bonds is 2. The molecule has 0 atom stereocenters. The quantitative estimate of drug-likeness (QED) is 0.595. The monoisotopic (exact) mass is 246 g/mol. The van der Waals surface area contributed by atoms with Gasteiger partial charge in [-0.3, -0.25) is 4.79 Å². The zero-order chi connectivity index (χ0) is 13.1. The van der Waals surface area contributed by atoms with Crippen LogP contribution in [0, 0.1) is 0 Å². The fourth-order valence-corrected chi connectivity index (χ4v) is 1.03. The average molecular weight is 246 g/mol. The zero-order valence-electron chi connectivity index (χ0n) is 8.88. The van der Waals surface area contributed by atoms with E-state index in [1.54, 1.807) is 0 Å². The summed E-state index contributed by atoms with van der Waals surface area (Å²) in [6.07, 6.45) is -4.44. The van der Waals surface area contributed by atoms with Crippen LogP contribution in [0.4, 0.5) is 13.2 Å². The van der Waals surface area contributed by atoms with E-state index < -0.39 is 23.7 Å². The number of hydrogen-bond acceptors (Lipinski definition) is 3. The number of carbonyl (C=O) groups excluding carboxylic acids is 2. The Balaban J connectivity index is 2.81. The van der Waals surface area contributed by atoms with E-state index in [0.717, 1.165) is 24.3 Å². The fourth-order valence-electron chi connectivity index (χ4n) is 1.03. The summed E-state index contributed by atoms with van der Waals surface area (Å²) in [7, 11) is 0. The van der Waals surface area contributed by atoms with Crippen LogP contribution >= 0.6 is 0 Å². The van der Waals surface area contributed by atoms with Gasteiger partial charge in [0.05, 0.1) is 11.1 Å². The van der Waals surface area contributed by atoms with Gasteiger partial charge in [-0.2, -0.15) is 13.2 Å². The maximum atomic E-state index is 12.2. The minimum absolute atomic E-state index is 0.0202. The van der Waals surface area contributed by atoms with Crippen molar-refractivity contribution in [1.82, 2.24) is 0 Å². The molecule has 0 aliphatic carbocycles. The normalized spacial score (nSPS) is 11.1. The van der Waals surface area contributed by atoms with E-state index >= 15 is 0 Å².